The molecule has 1 aromatic heterocycles. The molecule has 5 atom stereocenters. The highest BCUT2D eigenvalue weighted by molar-refractivity contribution is 9.10. The van der Waals surface area contributed by atoms with Crippen LogP contribution in [0.25, 0.3) is 15.7 Å². The van der Waals surface area contributed by atoms with Crippen LogP contribution in [0.2, 0.25) is 0 Å². The molecule has 4 aromatic rings. The second-order valence-corrected chi connectivity index (χ2v) is 27.5. The summed E-state index contributed by atoms with van der Waals surface area (Å²) in [6, 6.07) is 15.2. The fraction of sp³-hybridized carbons (Fsp3) is 0.500. The topological polar surface area (TPSA) is 267 Å². The van der Waals surface area contributed by atoms with E-state index < -0.39 is 89.5 Å². The number of halogens is 3. The molecule has 7 N–H and O–H groups in total. The first kappa shape index (κ1) is 65.3. The molecule has 0 radical (unpaired) electrons. The van der Waals surface area contributed by atoms with E-state index in [-0.39, 0.29) is 67.5 Å². The first-order valence-corrected chi connectivity index (χ1v) is 31.5. The van der Waals surface area contributed by atoms with Crippen molar-refractivity contribution < 1.29 is 61.8 Å². The summed E-state index contributed by atoms with van der Waals surface area (Å²) in [5.41, 5.74) is -2.38. The van der Waals surface area contributed by atoms with Gasteiger partial charge in [-0.2, -0.15) is 8.78 Å². The third-order valence-corrected chi connectivity index (χ3v) is 18.0. The number of benzene rings is 3. The Kier molecular flexibility index (Phi) is 21.3. The number of alkyl halides is 2. The van der Waals surface area contributed by atoms with E-state index >= 15 is 0 Å². The molecule has 0 saturated carbocycles. The molecule has 2 unspecified atom stereocenters. The molecule has 3 aromatic carbocycles. The van der Waals surface area contributed by atoms with Gasteiger partial charge in [-0.25, -0.2) is 0 Å². The lowest BCUT2D eigenvalue weighted by atomic mass is 9.85. The quantitative estimate of drug-likeness (QED) is 0.0273. The van der Waals surface area contributed by atoms with Gasteiger partial charge in [-0.05, 0) is 108 Å². The molecule has 84 heavy (non-hydrogen) atoms. The van der Waals surface area contributed by atoms with E-state index in [2.05, 4.69) is 42.2 Å². The van der Waals surface area contributed by atoms with Gasteiger partial charge < -0.3 is 50.9 Å². The maximum absolute atomic E-state index is 14.6. The fourth-order valence-corrected chi connectivity index (χ4v) is 12.3. The SMILES string of the molecule is CC1=C(c2ccc(CNC(=O)[C@@H]3C[C@@H](O)CN3C(=O)C(NC(=O)CCCCCCNC(=O)CCN(C(=O)[C@@H]3CCCN3C(=O)C(NC(=O)c3cc4cc(C(F)(F)P(=O)(O)O)ccc4s3)C(C)(C)C)c3ccc(Br)cc3)C(C)(C)C)cc2)CC=N1. The maximum atomic E-state index is 14.6. The lowest BCUT2D eigenvalue weighted by Crippen LogP contribution is -2.58. The van der Waals surface area contributed by atoms with Gasteiger partial charge in [0.1, 0.15) is 24.2 Å². The number of fused-ring (bicyclic) bond motifs is 1. The summed E-state index contributed by atoms with van der Waals surface area (Å²) in [6.07, 6.45) is 5.18. The summed E-state index contributed by atoms with van der Waals surface area (Å²) >= 11 is 4.39. The van der Waals surface area contributed by atoms with Crippen molar-refractivity contribution in [2.75, 3.05) is 31.1 Å². The zero-order valence-electron chi connectivity index (χ0n) is 48.4. The second-order valence-electron chi connectivity index (χ2n) is 23.9. The lowest BCUT2D eigenvalue weighted by Gasteiger charge is -2.36. The number of allylic oxidation sites excluding steroid dienone is 2. The number of aliphatic imine (C=N–C) groups is 1. The van der Waals surface area contributed by atoms with Crippen LogP contribution < -0.4 is 26.2 Å². The molecule has 454 valence electrons. The number of aliphatic hydroxyl groups is 1. The summed E-state index contributed by atoms with van der Waals surface area (Å²) in [5, 5.41) is 22.4. The van der Waals surface area contributed by atoms with Crippen molar-refractivity contribution in [3.05, 3.63) is 105 Å². The average Bonchev–Trinajstić information content (AvgIpc) is 2.56. The number of aliphatic hydroxyl groups excluding tert-OH is 1. The molecule has 0 bridgehead atoms. The highest BCUT2D eigenvalue weighted by Crippen LogP contribution is 2.59. The van der Waals surface area contributed by atoms with Crippen LogP contribution >= 0.6 is 34.9 Å². The largest absolute Gasteiger partial charge is 0.399 e. The number of thiophene rings is 1. The van der Waals surface area contributed by atoms with Crippen LogP contribution in [-0.4, -0.2) is 129 Å². The number of carbonyl (C=O) groups is 7. The molecule has 4 heterocycles. The van der Waals surface area contributed by atoms with Gasteiger partial charge in [-0.15, -0.1) is 11.3 Å². The third-order valence-electron chi connectivity index (χ3n) is 15.4. The van der Waals surface area contributed by atoms with Crippen LogP contribution in [0.1, 0.15) is 139 Å². The maximum Gasteiger partial charge on any atom is 0.399 e. The van der Waals surface area contributed by atoms with Crippen molar-refractivity contribution in [1.29, 1.82) is 0 Å². The van der Waals surface area contributed by atoms with Gasteiger partial charge in [0.15, 0.2) is 0 Å². The predicted octanol–water partition coefficient (Wildman–Crippen LogP) is 8.53. The van der Waals surface area contributed by atoms with Crippen LogP contribution in [0.5, 0.6) is 0 Å². The molecule has 19 nitrogen and oxygen atoms in total. The van der Waals surface area contributed by atoms with E-state index in [1.54, 1.807) is 45.0 Å². The minimum atomic E-state index is -5.84. The minimum Gasteiger partial charge on any atom is -0.391 e. The van der Waals surface area contributed by atoms with Crippen molar-refractivity contribution in [2.45, 2.75) is 155 Å². The molecule has 0 spiro atoms. The van der Waals surface area contributed by atoms with Crippen molar-refractivity contribution >= 4 is 104 Å². The normalized spacial score (nSPS) is 18.2. The van der Waals surface area contributed by atoms with Crippen LogP contribution in [-0.2, 0) is 45.5 Å². The van der Waals surface area contributed by atoms with E-state index in [0.29, 0.717) is 55.5 Å². The number of rotatable bonds is 23. The standard InChI is InChI=1S/C60H76BrF2N8O11PS/c1-36-44(25-28-64-36)38-17-15-37(16-18-38)34-66-53(75)46-33-43(72)35-71(46)57(79)51(58(2,3)4)67-50(74)14-10-8-9-11-27-65-49(73)26-30-69(42-22-20-41(61)21-23-42)55(77)45-13-12-29-70(45)56(78)52(59(5,6)7)68-54(76)48-32-39-31-40(19-24-47(39)84-48)60(62,63)83(80,81)82/h15-24,28,31-32,43,45-46,51-52,72H,8-14,25-27,29-30,33-35H2,1-7H3,(H,65,73)(H,66,75)(H,67,74)(H,68,76)(H2,80,81,82)/t43-,45+,46+,51?,52?/m1/s1. The van der Waals surface area contributed by atoms with E-state index in [1.165, 1.54) is 26.8 Å². The van der Waals surface area contributed by atoms with E-state index in [4.69, 9.17) is 0 Å². The first-order chi connectivity index (χ1) is 39.4. The summed E-state index contributed by atoms with van der Waals surface area (Å²) in [7, 11) is -5.84. The van der Waals surface area contributed by atoms with Crippen LogP contribution in [0.4, 0.5) is 14.5 Å². The number of nitrogens with one attached hydrogen (secondary N) is 4. The zero-order chi connectivity index (χ0) is 61.5. The zero-order valence-corrected chi connectivity index (χ0v) is 51.7. The Balaban J connectivity index is 0.871. The number of hydrogen-bond acceptors (Lipinski definition) is 11. The molecule has 7 rings (SSSR count). The predicted molar refractivity (Wildman–Crippen MR) is 322 cm³/mol. The molecular formula is C60H76BrF2N8O11PS. The van der Waals surface area contributed by atoms with E-state index in [9.17, 15) is 61.8 Å². The third kappa shape index (κ3) is 16.2. The summed E-state index contributed by atoms with van der Waals surface area (Å²) in [4.78, 5) is 125. The second kappa shape index (κ2) is 27.4. The molecule has 2 fully saturated rings. The Morgan fingerprint density at radius 3 is 2.11 bits per heavy atom. The fourth-order valence-electron chi connectivity index (χ4n) is 10.6. The number of unbranched alkanes of at least 4 members (excludes halogenated alkanes) is 3. The van der Waals surface area contributed by atoms with Gasteiger partial charge in [0.2, 0.25) is 35.4 Å². The molecule has 0 aliphatic carbocycles. The number of anilines is 1. The summed E-state index contributed by atoms with van der Waals surface area (Å²) < 4.78 is 41.8. The summed E-state index contributed by atoms with van der Waals surface area (Å²) in [5.74, 6) is -3.07. The van der Waals surface area contributed by atoms with Crippen molar-refractivity contribution in [3.63, 3.8) is 0 Å². The Bertz CT molecular complexity index is 3210. The summed E-state index contributed by atoms with van der Waals surface area (Å²) in [6.45, 7) is 13.5. The Labute approximate surface area is 500 Å². The number of carbonyl (C=O) groups excluding carboxylic acids is 7. The number of amides is 7. The number of β-amino-alcohol motifs (C(OH)–C–C–N with tert-alkyl or cyclic N) is 1. The van der Waals surface area contributed by atoms with E-state index in [0.717, 1.165) is 56.8 Å². The monoisotopic (exact) mass is 1260 g/mol. The van der Waals surface area contributed by atoms with Gasteiger partial charge in [0, 0.05) is 90.7 Å². The van der Waals surface area contributed by atoms with Gasteiger partial charge in [0.05, 0.1) is 11.0 Å². The van der Waals surface area contributed by atoms with Gasteiger partial charge in [-0.1, -0.05) is 101 Å². The lowest BCUT2D eigenvalue weighted by molar-refractivity contribution is -0.144. The Morgan fingerprint density at radius 2 is 1.46 bits per heavy atom. The van der Waals surface area contributed by atoms with E-state index in [1.807, 2.05) is 58.2 Å². The smallest absolute Gasteiger partial charge is 0.391 e. The van der Waals surface area contributed by atoms with Gasteiger partial charge in [-0.3, -0.25) is 43.1 Å². The number of nitrogens with zero attached hydrogens (tertiary/aromatic N) is 4. The first-order valence-electron chi connectivity index (χ1n) is 28.2. The number of hydrogen-bond donors (Lipinski definition) is 7. The van der Waals surface area contributed by atoms with Crippen molar-refractivity contribution in [1.82, 2.24) is 31.1 Å². The van der Waals surface area contributed by atoms with Gasteiger partial charge in [0.25, 0.3) is 5.91 Å². The Morgan fingerprint density at radius 1 is 0.810 bits per heavy atom. The highest BCUT2D eigenvalue weighted by atomic mass is 79.9. The molecule has 2 saturated heterocycles. The van der Waals surface area contributed by atoms with Gasteiger partial charge >= 0.3 is 13.3 Å². The molecule has 24 heteroatoms. The minimum absolute atomic E-state index is 0.0119. The molecule has 3 aliphatic rings. The Hall–Kier alpha value is -6.23. The number of likely N-dealkylation sites (tertiary alicyclic amines) is 2. The molecule has 7 amide bonds. The van der Waals surface area contributed by atoms with Crippen LogP contribution in [0.15, 0.2) is 88.0 Å². The van der Waals surface area contributed by atoms with Crippen LogP contribution in [0.3, 0.4) is 0 Å². The molecule has 3 aliphatic heterocycles. The van der Waals surface area contributed by atoms with Crippen molar-refractivity contribution in [2.24, 2.45) is 15.8 Å². The van der Waals surface area contributed by atoms with Crippen LogP contribution in [0, 0.1) is 10.8 Å². The highest BCUT2D eigenvalue weighted by Gasteiger charge is 2.51. The van der Waals surface area contributed by atoms with Crippen molar-refractivity contribution in [3.8, 4) is 0 Å². The molecular weight excluding hydrogens is 1190 g/mol. The average molecular weight is 1270 g/mol.